The van der Waals surface area contributed by atoms with Crippen molar-refractivity contribution in [1.82, 2.24) is 0 Å². The first-order valence-corrected chi connectivity index (χ1v) is 4.28. The first kappa shape index (κ1) is 13.0. The van der Waals surface area contributed by atoms with E-state index in [9.17, 15) is 39.5 Å². The maximum Gasteiger partial charge on any atom is 0.380 e. The van der Waals surface area contributed by atoms with Crippen molar-refractivity contribution in [2.24, 2.45) is 0 Å². The van der Waals surface area contributed by atoms with Gasteiger partial charge in [0.1, 0.15) is 5.82 Å². The van der Waals surface area contributed by atoms with E-state index >= 15 is 0 Å². The van der Waals surface area contributed by atoms with Gasteiger partial charge in [-0.05, 0) is 0 Å². The van der Waals surface area contributed by atoms with Crippen LogP contribution in [0.25, 0.3) is 0 Å². The molecule has 0 saturated carbocycles. The molecule has 0 atom stereocenters. The van der Waals surface area contributed by atoms with Gasteiger partial charge >= 0.3 is 17.8 Å². The molecule has 1 aromatic rings. The summed E-state index contributed by atoms with van der Waals surface area (Å²) in [7, 11) is 0. The van der Waals surface area contributed by atoms with Crippen molar-refractivity contribution in [2.45, 2.75) is 17.8 Å². The zero-order valence-electron chi connectivity index (χ0n) is 7.98. The van der Waals surface area contributed by atoms with E-state index in [4.69, 9.17) is 0 Å². The highest BCUT2D eigenvalue weighted by Gasteiger charge is 2.81. The summed E-state index contributed by atoms with van der Waals surface area (Å²) in [6.07, 6.45) is 0. The van der Waals surface area contributed by atoms with Gasteiger partial charge in [0.05, 0.1) is 11.1 Å². The molecular formula is C9HF9. The minimum atomic E-state index is -6.04. The highest BCUT2D eigenvalue weighted by atomic mass is 19.3. The van der Waals surface area contributed by atoms with Gasteiger partial charge in [0, 0.05) is 6.07 Å². The summed E-state index contributed by atoms with van der Waals surface area (Å²) < 4.78 is 116. The van der Waals surface area contributed by atoms with E-state index in [0.29, 0.717) is 0 Å². The van der Waals surface area contributed by atoms with Crippen molar-refractivity contribution < 1.29 is 39.5 Å². The summed E-state index contributed by atoms with van der Waals surface area (Å²) >= 11 is 0. The molecule has 0 nitrogen and oxygen atoms in total. The van der Waals surface area contributed by atoms with Crippen LogP contribution in [-0.4, -0.2) is 5.92 Å². The third-order valence-electron chi connectivity index (χ3n) is 2.59. The minimum absolute atomic E-state index is 0.487. The Bertz CT molecular complexity index is 531. The number of rotatable bonds is 0. The zero-order chi connectivity index (χ0) is 14.1. The molecule has 0 radical (unpaired) electrons. The maximum atomic E-state index is 13.0. The number of hydrogen-bond donors (Lipinski definition) is 0. The quantitative estimate of drug-likeness (QED) is 0.499. The Balaban J connectivity index is 2.96. The molecule has 0 spiro atoms. The van der Waals surface area contributed by atoms with Gasteiger partial charge in [-0.25, -0.2) is 13.2 Å². The lowest BCUT2D eigenvalue weighted by Crippen LogP contribution is -2.43. The van der Waals surface area contributed by atoms with Crippen LogP contribution >= 0.6 is 0 Å². The van der Waals surface area contributed by atoms with Crippen LogP contribution in [0.2, 0.25) is 0 Å². The Morgan fingerprint density at radius 3 is 1.61 bits per heavy atom. The molecule has 100 valence electrons. The molecular weight excluding hydrogens is 279 g/mol. The molecule has 2 rings (SSSR count). The summed E-state index contributed by atoms with van der Waals surface area (Å²) in [4.78, 5) is 0. The average Bonchev–Trinajstić information content (AvgIpc) is 2.31. The van der Waals surface area contributed by atoms with Gasteiger partial charge in [0.15, 0.2) is 11.6 Å². The van der Waals surface area contributed by atoms with E-state index in [1.54, 1.807) is 0 Å². The lowest BCUT2D eigenvalue weighted by molar-refractivity contribution is -0.303. The van der Waals surface area contributed by atoms with Crippen molar-refractivity contribution in [3.8, 4) is 0 Å². The normalized spacial score (nSPS) is 22.9. The van der Waals surface area contributed by atoms with Gasteiger partial charge in [-0.1, -0.05) is 0 Å². The van der Waals surface area contributed by atoms with Crippen molar-refractivity contribution in [3.05, 3.63) is 34.6 Å². The molecule has 0 saturated heterocycles. The second-order valence-electron chi connectivity index (χ2n) is 3.63. The highest BCUT2D eigenvalue weighted by molar-refractivity contribution is 5.46. The maximum absolute atomic E-state index is 13.0. The van der Waals surface area contributed by atoms with Crippen molar-refractivity contribution >= 4 is 0 Å². The molecule has 0 heterocycles. The monoisotopic (exact) mass is 280 g/mol. The van der Waals surface area contributed by atoms with Gasteiger partial charge in [-0.3, -0.25) is 0 Å². The largest absolute Gasteiger partial charge is 0.380 e. The molecule has 1 aromatic carbocycles. The van der Waals surface area contributed by atoms with Gasteiger partial charge in [-0.2, -0.15) is 26.3 Å². The standard InChI is InChI=1S/C9HF9/c10-2-1-3(11)6(12)5-4(2)7(13,14)9(17,18)8(5,15)16/h1H. The fourth-order valence-corrected chi connectivity index (χ4v) is 1.71. The molecule has 0 fully saturated rings. The van der Waals surface area contributed by atoms with E-state index in [1.165, 1.54) is 0 Å². The molecule has 0 unspecified atom stereocenters. The fourth-order valence-electron chi connectivity index (χ4n) is 1.71. The third kappa shape index (κ3) is 1.14. The highest BCUT2D eigenvalue weighted by Crippen LogP contribution is 2.64. The fraction of sp³-hybridized carbons (Fsp3) is 0.333. The first-order valence-electron chi connectivity index (χ1n) is 4.28. The van der Waals surface area contributed by atoms with E-state index in [-0.39, 0.29) is 0 Å². The second kappa shape index (κ2) is 3.12. The van der Waals surface area contributed by atoms with Crippen LogP contribution in [-0.2, 0) is 11.8 Å². The van der Waals surface area contributed by atoms with Crippen molar-refractivity contribution in [3.63, 3.8) is 0 Å². The van der Waals surface area contributed by atoms with Gasteiger partial charge < -0.3 is 0 Å². The van der Waals surface area contributed by atoms with Gasteiger partial charge in [-0.15, -0.1) is 0 Å². The van der Waals surface area contributed by atoms with E-state index in [2.05, 4.69) is 0 Å². The van der Waals surface area contributed by atoms with Crippen molar-refractivity contribution in [1.29, 1.82) is 0 Å². The molecule has 0 amide bonds. The van der Waals surface area contributed by atoms with E-state index in [1.807, 2.05) is 0 Å². The van der Waals surface area contributed by atoms with Crippen LogP contribution in [0.3, 0.4) is 0 Å². The number of hydrogen-bond acceptors (Lipinski definition) is 0. The molecule has 0 bridgehead atoms. The average molecular weight is 280 g/mol. The molecule has 0 N–H and O–H groups in total. The van der Waals surface area contributed by atoms with Crippen LogP contribution in [0.5, 0.6) is 0 Å². The van der Waals surface area contributed by atoms with Crippen LogP contribution in [0.4, 0.5) is 39.5 Å². The summed E-state index contributed by atoms with van der Waals surface area (Å²) in [6, 6.07) is -0.487. The topological polar surface area (TPSA) is 0 Å². The van der Waals surface area contributed by atoms with E-state index in [0.717, 1.165) is 0 Å². The van der Waals surface area contributed by atoms with Crippen molar-refractivity contribution in [2.75, 3.05) is 0 Å². The Labute approximate surface area is 93.0 Å². The molecule has 1 aliphatic rings. The van der Waals surface area contributed by atoms with Crippen LogP contribution in [0.15, 0.2) is 6.07 Å². The number of halogens is 9. The Morgan fingerprint density at radius 2 is 1.11 bits per heavy atom. The molecule has 0 aliphatic heterocycles. The number of fused-ring (bicyclic) bond motifs is 1. The van der Waals surface area contributed by atoms with Crippen LogP contribution < -0.4 is 0 Å². The SMILES string of the molecule is Fc1cc(F)c2c(c1F)C(F)(F)C(F)(F)C2(F)F. The Kier molecular flexibility index (Phi) is 2.26. The van der Waals surface area contributed by atoms with E-state index < -0.39 is 52.4 Å². The lowest BCUT2D eigenvalue weighted by atomic mass is 10.1. The summed E-state index contributed by atoms with van der Waals surface area (Å²) in [5.41, 5.74) is -5.16. The van der Waals surface area contributed by atoms with Gasteiger partial charge in [0.2, 0.25) is 0 Å². The number of benzene rings is 1. The predicted octanol–water partition coefficient (Wildman–Crippen LogP) is 3.94. The molecule has 18 heavy (non-hydrogen) atoms. The summed E-state index contributed by atoms with van der Waals surface area (Å²) in [5, 5.41) is 0. The lowest BCUT2D eigenvalue weighted by Gasteiger charge is -2.23. The number of alkyl halides is 6. The minimum Gasteiger partial charge on any atom is -0.206 e. The summed E-state index contributed by atoms with van der Waals surface area (Å²) in [5.74, 6) is -24.6. The van der Waals surface area contributed by atoms with Gasteiger partial charge in [0.25, 0.3) is 0 Å². The smallest absolute Gasteiger partial charge is 0.206 e. The zero-order valence-corrected chi connectivity index (χ0v) is 7.98. The third-order valence-corrected chi connectivity index (χ3v) is 2.59. The first-order chi connectivity index (χ1) is 7.96. The summed E-state index contributed by atoms with van der Waals surface area (Å²) in [6.45, 7) is 0. The van der Waals surface area contributed by atoms with Crippen LogP contribution in [0, 0.1) is 17.5 Å². The predicted molar refractivity (Wildman–Crippen MR) is 39.1 cm³/mol. The molecule has 1 aliphatic carbocycles. The molecule has 0 aromatic heterocycles. The van der Waals surface area contributed by atoms with Crippen LogP contribution in [0.1, 0.15) is 11.1 Å². The molecule has 9 heteroatoms. The second-order valence-corrected chi connectivity index (χ2v) is 3.63. The Hall–Kier alpha value is -1.41. The Morgan fingerprint density at radius 1 is 0.667 bits per heavy atom.